The largest absolute Gasteiger partial charge is 1.00 e. The number of halogens is 1. The topological polar surface area (TPSA) is 53.9 Å². The molecule has 3 N–H and O–H groups in total. The summed E-state index contributed by atoms with van der Waals surface area (Å²) in [6.45, 7) is 0.927. The van der Waals surface area contributed by atoms with Crippen molar-refractivity contribution in [3.05, 3.63) is 0 Å². The van der Waals surface area contributed by atoms with Crippen molar-refractivity contribution < 1.29 is 27.6 Å². The van der Waals surface area contributed by atoms with Gasteiger partial charge in [0, 0.05) is 5.75 Å². The van der Waals surface area contributed by atoms with Gasteiger partial charge in [0.2, 0.25) is 0 Å². The summed E-state index contributed by atoms with van der Waals surface area (Å²) in [5.41, 5.74) is 0. The Morgan fingerprint density at radius 3 is 2.56 bits per heavy atom. The number of hydrogen-bond donors (Lipinski definition) is 3. The van der Waals surface area contributed by atoms with E-state index in [1.807, 2.05) is 0 Å². The smallest absolute Gasteiger partial charge is 0.359 e. The van der Waals surface area contributed by atoms with Crippen molar-refractivity contribution >= 4 is 18.6 Å². The van der Waals surface area contributed by atoms with Crippen LogP contribution in [0.5, 0.6) is 0 Å². The predicted molar refractivity (Wildman–Crippen MR) is 33.1 cm³/mol. The molecule has 0 aliphatic heterocycles. The Morgan fingerprint density at radius 1 is 1.67 bits per heavy atom. The van der Waals surface area contributed by atoms with E-state index in [1.54, 1.807) is 5.32 Å². The zero-order valence-corrected chi connectivity index (χ0v) is 6.53. The molecule has 0 spiro atoms. The van der Waals surface area contributed by atoms with Gasteiger partial charge in [0.05, 0.1) is 6.54 Å². The fraction of sp³-hybridized carbons (Fsp3) is 0.750. The quantitative estimate of drug-likeness (QED) is 0.296. The van der Waals surface area contributed by atoms with Crippen LogP contribution in [-0.2, 0) is 4.79 Å². The number of hydrogen-bond acceptors (Lipinski definition) is 2. The Hall–Kier alpha value is 0.0700. The molecule has 0 rings (SSSR count). The van der Waals surface area contributed by atoms with Crippen LogP contribution in [0.15, 0.2) is 0 Å². The van der Waals surface area contributed by atoms with Crippen molar-refractivity contribution in [2.75, 3.05) is 18.8 Å². The maximum Gasteiger partial charge on any atom is 0.359 e. The first-order valence-corrected chi connectivity index (χ1v) is 3.05. The molecule has 0 unspecified atom stereocenters. The maximum atomic E-state index is 9.82. The molecule has 0 aliphatic carbocycles. The van der Waals surface area contributed by atoms with Crippen LogP contribution < -0.4 is 17.7 Å². The minimum atomic E-state index is -0.771. The summed E-state index contributed by atoms with van der Waals surface area (Å²) in [6.07, 6.45) is 0. The van der Waals surface area contributed by atoms with E-state index in [4.69, 9.17) is 5.11 Å². The van der Waals surface area contributed by atoms with Crippen LogP contribution in [0.4, 0.5) is 0 Å². The molecule has 0 radical (unpaired) electrons. The normalized spacial score (nSPS) is 8.11. The second-order valence-corrected chi connectivity index (χ2v) is 1.85. The second kappa shape index (κ2) is 8.07. The third kappa shape index (κ3) is 11.6. The number of carbonyl (C=O) groups is 1. The van der Waals surface area contributed by atoms with Crippen LogP contribution >= 0.6 is 12.6 Å². The number of quaternary nitrogens is 1. The standard InChI is InChI=1S/C4H9NO2S.ClH/c6-4(7)3-5-1-2-8;/h5,8H,1-3H2,(H,6,7);1H. The Labute approximate surface area is 65.6 Å². The third-order valence-corrected chi connectivity index (χ3v) is 0.910. The van der Waals surface area contributed by atoms with Gasteiger partial charge in [0.25, 0.3) is 0 Å². The average molecular weight is 172 g/mol. The molecule has 0 saturated heterocycles. The molecule has 5 heteroatoms. The monoisotopic (exact) mass is 171 g/mol. The second-order valence-electron chi connectivity index (χ2n) is 1.40. The lowest BCUT2D eigenvalue weighted by atomic mass is 10.6. The first-order chi connectivity index (χ1) is 3.77. The van der Waals surface area contributed by atoms with Crippen LogP contribution in [0.2, 0.25) is 0 Å². The van der Waals surface area contributed by atoms with Gasteiger partial charge < -0.3 is 22.8 Å². The lowest BCUT2D eigenvalue weighted by molar-refractivity contribution is -0.641. The average Bonchev–Trinajstić information content (AvgIpc) is 1.66. The van der Waals surface area contributed by atoms with Crippen LogP contribution in [0.3, 0.4) is 0 Å². The van der Waals surface area contributed by atoms with Gasteiger partial charge in [-0.25, -0.2) is 4.79 Å². The molecule has 0 aliphatic rings. The van der Waals surface area contributed by atoms with Crippen LogP contribution in [0.1, 0.15) is 0 Å². The van der Waals surface area contributed by atoms with Gasteiger partial charge >= 0.3 is 5.97 Å². The van der Waals surface area contributed by atoms with Crippen LogP contribution in [0.25, 0.3) is 0 Å². The predicted octanol–water partition coefficient (Wildman–Crippen LogP) is -4.43. The van der Waals surface area contributed by atoms with E-state index >= 15 is 0 Å². The van der Waals surface area contributed by atoms with Crippen molar-refractivity contribution in [1.82, 2.24) is 0 Å². The van der Waals surface area contributed by atoms with E-state index in [9.17, 15) is 4.79 Å². The van der Waals surface area contributed by atoms with Crippen molar-refractivity contribution in [2.45, 2.75) is 0 Å². The Kier molecular flexibility index (Phi) is 10.6. The van der Waals surface area contributed by atoms with Gasteiger partial charge in [0.15, 0.2) is 6.54 Å². The van der Waals surface area contributed by atoms with Gasteiger partial charge in [-0.1, -0.05) is 0 Å². The van der Waals surface area contributed by atoms with E-state index in [0.29, 0.717) is 0 Å². The lowest BCUT2D eigenvalue weighted by Gasteiger charge is -1.91. The highest BCUT2D eigenvalue weighted by molar-refractivity contribution is 7.80. The zero-order chi connectivity index (χ0) is 6.41. The van der Waals surface area contributed by atoms with E-state index in [1.165, 1.54) is 0 Å². The Balaban J connectivity index is 0. The zero-order valence-electron chi connectivity index (χ0n) is 4.88. The van der Waals surface area contributed by atoms with Crippen LogP contribution in [0, 0.1) is 0 Å². The van der Waals surface area contributed by atoms with Gasteiger partial charge in [-0.05, 0) is 0 Å². The molecule has 0 saturated carbocycles. The highest BCUT2D eigenvalue weighted by Crippen LogP contribution is 1.59. The van der Waals surface area contributed by atoms with Gasteiger partial charge in [0.1, 0.15) is 0 Å². The van der Waals surface area contributed by atoms with E-state index in [0.717, 1.165) is 12.3 Å². The van der Waals surface area contributed by atoms with Gasteiger partial charge in [-0.3, -0.25) is 0 Å². The SMILES string of the molecule is O=C(O)C[NH2+]CCS.[Cl-]. The van der Waals surface area contributed by atoms with Crippen molar-refractivity contribution in [1.29, 1.82) is 0 Å². The number of carboxylic acid groups (broad SMARTS) is 1. The summed E-state index contributed by atoms with van der Waals surface area (Å²) in [7, 11) is 0. The summed E-state index contributed by atoms with van der Waals surface area (Å²) in [5, 5.41) is 9.79. The highest BCUT2D eigenvalue weighted by Gasteiger charge is 1.95. The summed E-state index contributed by atoms with van der Waals surface area (Å²) in [4.78, 5) is 9.82. The first kappa shape index (κ1) is 11.8. The summed E-state index contributed by atoms with van der Waals surface area (Å²) < 4.78 is 0. The van der Waals surface area contributed by atoms with Crippen molar-refractivity contribution in [2.24, 2.45) is 0 Å². The molecular formula is C4H10ClNO2S. The minimum absolute atomic E-state index is 0. The molecule has 0 amide bonds. The number of rotatable bonds is 4. The Morgan fingerprint density at radius 2 is 2.22 bits per heavy atom. The lowest BCUT2D eigenvalue weighted by Crippen LogP contribution is -3.00. The van der Waals surface area contributed by atoms with Crippen molar-refractivity contribution in [3.63, 3.8) is 0 Å². The van der Waals surface area contributed by atoms with Gasteiger partial charge in [-0.15, -0.1) is 0 Å². The molecule has 9 heavy (non-hydrogen) atoms. The van der Waals surface area contributed by atoms with E-state index in [-0.39, 0.29) is 19.0 Å². The molecule has 0 aromatic heterocycles. The minimum Gasteiger partial charge on any atom is -1.00 e. The van der Waals surface area contributed by atoms with Gasteiger partial charge in [-0.2, -0.15) is 12.6 Å². The van der Waals surface area contributed by atoms with Crippen LogP contribution in [-0.4, -0.2) is 29.9 Å². The highest BCUT2D eigenvalue weighted by atomic mass is 35.5. The fourth-order valence-electron chi connectivity index (χ4n) is 0.317. The summed E-state index contributed by atoms with van der Waals surface area (Å²) in [6, 6.07) is 0. The molecule has 0 bridgehead atoms. The molecule has 0 aromatic rings. The molecule has 0 heterocycles. The Bertz CT molecular complexity index is 81.0. The van der Waals surface area contributed by atoms with Crippen molar-refractivity contribution in [3.8, 4) is 0 Å². The summed E-state index contributed by atoms with van der Waals surface area (Å²) >= 11 is 3.90. The van der Waals surface area contributed by atoms with E-state index < -0.39 is 5.97 Å². The molecule has 0 atom stereocenters. The maximum absolute atomic E-state index is 9.82. The molecule has 0 aromatic carbocycles. The third-order valence-electron chi connectivity index (χ3n) is 0.652. The summed E-state index contributed by atoms with van der Waals surface area (Å²) in [5.74, 6) is -0.0421. The molecular weight excluding hydrogens is 162 g/mol. The number of carboxylic acids is 1. The number of nitrogens with two attached hydrogens (primary N) is 1. The first-order valence-electron chi connectivity index (χ1n) is 2.41. The number of aliphatic carboxylic acids is 1. The molecule has 56 valence electrons. The molecule has 0 fully saturated rings. The molecule has 3 nitrogen and oxygen atoms in total. The number of thiol groups is 1. The fourth-order valence-corrected chi connectivity index (χ4v) is 0.499. The van der Waals surface area contributed by atoms with E-state index in [2.05, 4.69) is 12.6 Å².